The molecule has 1 aliphatic carbocycles. The molecule has 2 saturated heterocycles. The number of hydrogen-bond acceptors (Lipinski definition) is 2. The molecule has 0 radical (unpaired) electrons. The molecule has 1 N–H and O–H groups in total. The maximum Gasteiger partial charge on any atom is 0.233 e. The van der Waals surface area contributed by atoms with Crippen LogP contribution in [0.2, 0.25) is 0 Å². The molecule has 1 saturated carbocycles. The van der Waals surface area contributed by atoms with E-state index in [1.165, 1.54) is 36.8 Å². The van der Waals surface area contributed by atoms with E-state index in [1.54, 1.807) is 0 Å². The van der Waals surface area contributed by atoms with Crippen molar-refractivity contribution in [2.24, 2.45) is 0 Å². The minimum absolute atomic E-state index is 0. The molecule has 2 heterocycles. The van der Waals surface area contributed by atoms with Gasteiger partial charge in [0.2, 0.25) is 5.91 Å². The molecule has 132 valence electrons. The molecule has 24 heavy (non-hydrogen) atoms. The van der Waals surface area contributed by atoms with Gasteiger partial charge in [-0.3, -0.25) is 4.79 Å². The third kappa shape index (κ3) is 3.09. The Morgan fingerprint density at radius 3 is 2.67 bits per heavy atom. The lowest BCUT2D eigenvalue weighted by Crippen LogP contribution is -2.48. The molecule has 2 unspecified atom stereocenters. The first-order chi connectivity index (χ1) is 11.2. The van der Waals surface area contributed by atoms with Gasteiger partial charge in [0.1, 0.15) is 0 Å². The van der Waals surface area contributed by atoms with Crippen LogP contribution in [0.25, 0.3) is 0 Å². The van der Waals surface area contributed by atoms with Crippen molar-refractivity contribution in [3.05, 3.63) is 35.4 Å². The molecule has 2 aliphatic heterocycles. The highest BCUT2D eigenvalue weighted by atomic mass is 35.5. The van der Waals surface area contributed by atoms with Gasteiger partial charge in [0.05, 0.1) is 5.41 Å². The third-order valence-corrected chi connectivity index (χ3v) is 6.25. The van der Waals surface area contributed by atoms with Crippen LogP contribution >= 0.6 is 12.4 Å². The van der Waals surface area contributed by atoms with Gasteiger partial charge in [-0.25, -0.2) is 0 Å². The first-order valence-electron chi connectivity index (χ1n) is 9.30. The minimum Gasteiger partial charge on any atom is -0.340 e. The molecule has 3 aliphatic rings. The number of nitrogens with one attached hydrogen (secondary N) is 1. The fraction of sp³-hybridized carbons (Fsp3) is 0.650. The van der Waals surface area contributed by atoms with Gasteiger partial charge in [0, 0.05) is 25.2 Å². The lowest BCUT2D eigenvalue weighted by molar-refractivity contribution is -0.137. The number of carbonyl (C=O) groups is 1. The summed E-state index contributed by atoms with van der Waals surface area (Å²) in [5.41, 5.74) is 2.26. The molecule has 1 aromatic rings. The van der Waals surface area contributed by atoms with Crippen LogP contribution < -0.4 is 5.32 Å². The van der Waals surface area contributed by atoms with Gasteiger partial charge < -0.3 is 10.2 Å². The van der Waals surface area contributed by atoms with E-state index in [1.807, 2.05) is 0 Å². The number of likely N-dealkylation sites (tertiary alicyclic amines) is 1. The van der Waals surface area contributed by atoms with E-state index in [-0.39, 0.29) is 17.8 Å². The zero-order valence-electron chi connectivity index (χ0n) is 14.6. The monoisotopic (exact) mass is 348 g/mol. The minimum atomic E-state index is -0.254. The highest BCUT2D eigenvalue weighted by Crippen LogP contribution is 2.43. The van der Waals surface area contributed by atoms with Gasteiger partial charge >= 0.3 is 0 Å². The van der Waals surface area contributed by atoms with Crippen LogP contribution in [0.4, 0.5) is 0 Å². The summed E-state index contributed by atoms with van der Waals surface area (Å²) in [6, 6.07) is 9.82. The van der Waals surface area contributed by atoms with Gasteiger partial charge in [0.15, 0.2) is 0 Å². The largest absolute Gasteiger partial charge is 0.340 e. The first kappa shape index (κ1) is 17.8. The van der Waals surface area contributed by atoms with E-state index in [0.29, 0.717) is 18.0 Å². The van der Waals surface area contributed by atoms with Gasteiger partial charge in [0.25, 0.3) is 0 Å². The third-order valence-electron chi connectivity index (χ3n) is 6.25. The van der Waals surface area contributed by atoms with Gasteiger partial charge in [-0.1, -0.05) is 42.7 Å². The highest BCUT2D eigenvalue weighted by molar-refractivity contribution is 5.89. The molecular formula is C20H29ClN2O. The Bertz CT molecular complexity index is 597. The summed E-state index contributed by atoms with van der Waals surface area (Å²) in [6.07, 6.45) is 8.03. The van der Waals surface area contributed by atoms with E-state index in [4.69, 9.17) is 0 Å². The molecule has 4 rings (SSSR count). The van der Waals surface area contributed by atoms with E-state index in [0.717, 1.165) is 32.4 Å². The summed E-state index contributed by atoms with van der Waals surface area (Å²) in [7, 11) is 0. The fourth-order valence-corrected chi connectivity index (χ4v) is 4.98. The number of rotatable bonds is 2. The number of nitrogens with zero attached hydrogens (tertiary/aromatic N) is 1. The van der Waals surface area contributed by atoms with Gasteiger partial charge in [-0.05, 0) is 44.6 Å². The summed E-state index contributed by atoms with van der Waals surface area (Å²) >= 11 is 0. The van der Waals surface area contributed by atoms with E-state index >= 15 is 0 Å². The van der Waals surface area contributed by atoms with Crippen molar-refractivity contribution >= 4 is 18.3 Å². The maximum absolute atomic E-state index is 13.6. The summed E-state index contributed by atoms with van der Waals surface area (Å²) in [6.45, 7) is 3.97. The van der Waals surface area contributed by atoms with Crippen LogP contribution in [0.1, 0.15) is 56.1 Å². The van der Waals surface area contributed by atoms with Crippen molar-refractivity contribution in [2.45, 2.75) is 69.4 Å². The molecule has 2 atom stereocenters. The van der Waals surface area contributed by atoms with E-state index < -0.39 is 0 Å². The Morgan fingerprint density at radius 1 is 1.17 bits per heavy atom. The Labute approximate surface area is 151 Å². The smallest absolute Gasteiger partial charge is 0.233 e. The average Bonchev–Trinajstić information content (AvgIpc) is 3.14. The van der Waals surface area contributed by atoms with Crippen LogP contribution in [0.5, 0.6) is 0 Å². The number of benzene rings is 1. The Balaban J connectivity index is 0.00000169. The molecule has 0 aromatic heterocycles. The van der Waals surface area contributed by atoms with Crippen LogP contribution in [0, 0.1) is 6.92 Å². The van der Waals surface area contributed by atoms with Crippen molar-refractivity contribution in [2.75, 3.05) is 13.1 Å². The topological polar surface area (TPSA) is 32.3 Å². The van der Waals surface area contributed by atoms with Crippen LogP contribution in [-0.4, -0.2) is 36.0 Å². The number of amides is 1. The summed E-state index contributed by atoms with van der Waals surface area (Å²) in [4.78, 5) is 15.7. The number of aryl methyl sites for hydroxylation is 1. The zero-order chi connectivity index (χ0) is 15.9. The predicted molar refractivity (Wildman–Crippen MR) is 99.7 cm³/mol. The Kier molecular flexibility index (Phi) is 5.22. The van der Waals surface area contributed by atoms with Crippen LogP contribution in [0.3, 0.4) is 0 Å². The normalized spacial score (nSPS) is 28.3. The summed E-state index contributed by atoms with van der Waals surface area (Å²) in [5.74, 6) is 0.398. The average molecular weight is 349 g/mol. The molecule has 3 nitrogen and oxygen atoms in total. The molecule has 3 fully saturated rings. The van der Waals surface area contributed by atoms with Crippen LogP contribution in [-0.2, 0) is 10.2 Å². The lowest BCUT2D eigenvalue weighted by Gasteiger charge is -2.36. The second-order valence-electron chi connectivity index (χ2n) is 7.84. The second kappa shape index (κ2) is 7.05. The molecule has 1 aromatic carbocycles. The van der Waals surface area contributed by atoms with Gasteiger partial charge in [-0.15, -0.1) is 12.4 Å². The van der Waals surface area contributed by atoms with Gasteiger partial charge in [-0.2, -0.15) is 0 Å². The van der Waals surface area contributed by atoms with Crippen molar-refractivity contribution in [3.63, 3.8) is 0 Å². The SMILES string of the molecule is Cc1cccc(C2(C(=O)N3CCC4CCC(C3)N4)CCCC2)c1.Cl. The Morgan fingerprint density at radius 2 is 1.92 bits per heavy atom. The lowest BCUT2D eigenvalue weighted by atomic mass is 9.77. The van der Waals surface area contributed by atoms with Crippen molar-refractivity contribution in [1.29, 1.82) is 0 Å². The number of hydrogen-bond donors (Lipinski definition) is 1. The van der Waals surface area contributed by atoms with E-state index in [9.17, 15) is 4.79 Å². The Hall–Kier alpha value is -1.06. The number of carbonyl (C=O) groups excluding carboxylic acids is 1. The molecule has 1 amide bonds. The first-order valence-corrected chi connectivity index (χ1v) is 9.30. The second-order valence-corrected chi connectivity index (χ2v) is 7.84. The molecule has 4 heteroatoms. The standard InChI is InChI=1S/C20H28N2O.ClH/c1-15-5-4-6-16(13-15)20(10-2-3-11-20)19(23)22-12-9-17-7-8-18(14-22)21-17;/h4-6,13,17-18,21H,2-3,7-12,14H2,1H3;1H. The highest BCUT2D eigenvalue weighted by Gasteiger charge is 2.46. The fourth-order valence-electron chi connectivity index (χ4n) is 4.98. The maximum atomic E-state index is 13.6. The number of fused-ring (bicyclic) bond motifs is 2. The van der Waals surface area contributed by atoms with Crippen molar-refractivity contribution < 1.29 is 4.79 Å². The number of halogens is 1. The van der Waals surface area contributed by atoms with Crippen molar-refractivity contribution in [3.8, 4) is 0 Å². The predicted octanol–water partition coefficient (Wildman–Crippen LogP) is 3.58. The zero-order valence-corrected chi connectivity index (χ0v) is 15.4. The van der Waals surface area contributed by atoms with Crippen molar-refractivity contribution in [1.82, 2.24) is 10.2 Å². The summed E-state index contributed by atoms with van der Waals surface area (Å²) < 4.78 is 0. The summed E-state index contributed by atoms with van der Waals surface area (Å²) in [5, 5.41) is 3.70. The molecule has 0 spiro atoms. The molecular weight excluding hydrogens is 320 g/mol. The van der Waals surface area contributed by atoms with Crippen LogP contribution in [0.15, 0.2) is 24.3 Å². The molecule has 2 bridgehead atoms. The quantitative estimate of drug-likeness (QED) is 0.886. The van der Waals surface area contributed by atoms with E-state index in [2.05, 4.69) is 41.4 Å².